The topological polar surface area (TPSA) is 92.7 Å². The Balaban J connectivity index is 4.01. The Kier molecular flexibility index (Phi) is 30.7. The number of carboxylic acids is 1. The van der Waals surface area contributed by atoms with Crippen LogP contribution in [0.1, 0.15) is 187 Å². The van der Waals surface area contributed by atoms with Gasteiger partial charge in [-0.15, -0.1) is 0 Å². The van der Waals surface area contributed by atoms with Crippen LogP contribution in [0.4, 0.5) is 0 Å². The maximum absolute atomic E-state index is 12.6. The van der Waals surface area contributed by atoms with E-state index in [1.165, 1.54) is 103 Å². The molecule has 1 unspecified atom stereocenters. The summed E-state index contributed by atoms with van der Waals surface area (Å²) in [5, 5.41) is 11.0. The lowest BCUT2D eigenvalue weighted by atomic mass is 10.0. The zero-order valence-electron chi connectivity index (χ0n) is 27.6. The van der Waals surface area contributed by atoms with Crippen LogP contribution in [0.2, 0.25) is 0 Å². The predicted molar refractivity (Wildman–Crippen MR) is 176 cm³/mol. The molecule has 6 heteroatoms. The summed E-state index contributed by atoms with van der Waals surface area (Å²) in [6.07, 6.45) is 34.7. The summed E-state index contributed by atoms with van der Waals surface area (Å²) in [4.78, 5) is 34.7. The largest absolute Gasteiger partial charge is 0.480 e. The summed E-state index contributed by atoms with van der Waals surface area (Å²) in [7, 11) is 0. The van der Waals surface area contributed by atoms with E-state index in [9.17, 15) is 14.4 Å². The highest BCUT2D eigenvalue weighted by Crippen LogP contribution is 2.18. The molecular weight excluding hydrogens is 526 g/mol. The van der Waals surface area contributed by atoms with Crippen molar-refractivity contribution in [1.82, 2.24) is 5.32 Å². The normalized spacial score (nSPS) is 12.0. The molecule has 0 aliphatic rings. The van der Waals surface area contributed by atoms with Crippen LogP contribution in [-0.4, -0.2) is 35.6 Å². The SMILES string of the molecule is CCCCCCCC/C=C\CCCCCCCC(=O)OC(CCCCCCCC)CCCCCCC(=O)NCC(=O)O. The fourth-order valence-corrected chi connectivity index (χ4v) is 5.27. The molecule has 6 nitrogen and oxygen atoms in total. The van der Waals surface area contributed by atoms with Crippen LogP contribution < -0.4 is 5.32 Å². The quantitative estimate of drug-likeness (QED) is 0.0460. The monoisotopic (exact) mass is 594 g/mol. The Labute approximate surface area is 259 Å². The van der Waals surface area contributed by atoms with Crippen LogP contribution in [-0.2, 0) is 19.1 Å². The number of esters is 1. The first-order valence-corrected chi connectivity index (χ1v) is 17.8. The maximum Gasteiger partial charge on any atom is 0.322 e. The molecule has 0 bridgehead atoms. The number of aliphatic carboxylic acids is 1. The first kappa shape index (κ1) is 40.1. The van der Waals surface area contributed by atoms with Crippen LogP contribution in [0.25, 0.3) is 0 Å². The van der Waals surface area contributed by atoms with Gasteiger partial charge in [-0.2, -0.15) is 0 Å². The van der Waals surface area contributed by atoms with Gasteiger partial charge in [0.25, 0.3) is 0 Å². The first-order chi connectivity index (χ1) is 20.5. The fraction of sp³-hybridized carbons (Fsp3) is 0.861. The van der Waals surface area contributed by atoms with Gasteiger partial charge < -0.3 is 15.2 Å². The first-order valence-electron chi connectivity index (χ1n) is 17.8. The number of ether oxygens (including phenoxy) is 1. The average molecular weight is 594 g/mol. The molecule has 0 aliphatic heterocycles. The smallest absolute Gasteiger partial charge is 0.322 e. The number of hydrogen-bond donors (Lipinski definition) is 2. The van der Waals surface area contributed by atoms with Gasteiger partial charge in [-0.3, -0.25) is 14.4 Å². The lowest BCUT2D eigenvalue weighted by molar-refractivity contribution is -0.150. The maximum atomic E-state index is 12.6. The number of carbonyl (C=O) groups is 3. The number of amides is 1. The molecule has 1 amide bonds. The van der Waals surface area contributed by atoms with Gasteiger partial charge in [0.15, 0.2) is 0 Å². The van der Waals surface area contributed by atoms with Gasteiger partial charge in [-0.05, 0) is 64.2 Å². The molecule has 0 aromatic rings. The van der Waals surface area contributed by atoms with E-state index in [0.717, 1.165) is 57.8 Å². The molecule has 0 radical (unpaired) electrons. The zero-order chi connectivity index (χ0) is 30.9. The summed E-state index contributed by atoms with van der Waals surface area (Å²) in [6, 6.07) is 0. The van der Waals surface area contributed by atoms with Crippen molar-refractivity contribution < 1.29 is 24.2 Å². The summed E-state index contributed by atoms with van der Waals surface area (Å²) in [6.45, 7) is 4.18. The van der Waals surface area contributed by atoms with Crippen LogP contribution in [0.5, 0.6) is 0 Å². The van der Waals surface area contributed by atoms with Crippen LogP contribution in [0, 0.1) is 0 Å². The number of carboxylic acid groups (broad SMARTS) is 1. The van der Waals surface area contributed by atoms with Gasteiger partial charge in [-0.25, -0.2) is 0 Å². The number of allylic oxidation sites excluding steroid dienone is 2. The molecule has 0 saturated heterocycles. The lowest BCUT2D eigenvalue weighted by Gasteiger charge is -2.18. The van der Waals surface area contributed by atoms with Crippen molar-refractivity contribution in [2.24, 2.45) is 0 Å². The predicted octanol–water partition coefficient (Wildman–Crippen LogP) is 10.2. The van der Waals surface area contributed by atoms with Crippen molar-refractivity contribution in [2.45, 2.75) is 193 Å². The van der Waals surface area contributed by atoms with Crippen molar-refractivity contribution in [3.05, 3.63) is 12.2 Å². The minimum Gasteiger partial charge on any atom is -0.480 e. The lowest BCUT2D eigenvalue weighted by Crippen LogP contribution is -2.28. The zero-order valence-corrected chi connectivity index (χ0v) is 27.6. The van der Waals surface area contributed by atoms with Crippen molar-refractivity contribution in [1.29, 1.82) is 0 Å². The third-order valence-electron chi connectivity index (χ3n) is 7.94. The highest BCUT2D eigenvalue weighted by Gasteiger charge is 2.14. The highest BCUT2D eigenvalue weighted by atomic mass is 16.5. The van der Waals surface area contributed by atoms with E-state index in [1.54, 1.807) is 0 Å². The summed E-state index contributed by atoms with van der Waals surface area (Å²) in [5.41, 5.74) is 0. The van der Waals surface area contributed by atoms with Crippen molar-refractivity contribution in [3.63, 3.8) is 0 Å². The number of unbranched alkanes of at least 4 members (excludes halogenated alkanes) is 19. The van der Waals surface area contributed by atoms with E-state index < -0.39 is 5.97 Å². The van der Waals surface area contributed by atoms with E-state index in [1.807, 2.05) is 0 Å². The Hall–Kier alpha value is -1.85. The molecular formula is C36H67NO5. The molecule has 1 atom stereocenters. The molecule has 0 spiro atoms. The van der Waals surface area contributed by atoms with Crippen molar-refractivity contribution in [3.8, 4) is 0 Å². The van der Waals surface area contributed by atoms with E-state index in [-0.39, 0.29) is 24.5 Å². The van der Waals surface area contributed by atoms with Crippen LogP contribution in [0.15, 0.2) is 12.2 Å². The summed E-state index contributed by atoms with van der Waals surface area (Å²) >= 11 is 0. The minimum atomic E-state index is -1.02. The molecule has 0 aromatic carbocycles. The number of rotatable bonds is 32. The highest BCUT2D eigenvalue weighted by molar-refractivity contribution is 5.80. The molecule has 0 aliphatic carbocycles. The van der Waals surface area contributed by atoms with E-state index in [2.05, 4.69) is 31.3 Å². The fourth-order valence-electron chi connectivity index (χ4n) is 5.27. The summed E-state index contributed by atoms with van der Waals surface area (Å²) < 4.78 is 5.93. The second kappa shape index (κ2) is 32.1. The van der Waals surface area contributed by atoms with Gasteiger partial charge in [0.2, 0.25) is 5.91 Å². The van der Waals surface area contributed by atoms with Crippen LogP contribution >= 0.6 is 0 Å². The standard InChI is InChI=1S/C36H67NO5/c1-3-5-7-9-11-12-13-14-15-16-17-18-19-21-27-31-36(41)42-33(28-24-20-10-8-6-4-2)29-25-22-23-26-30-34(38)37-32-35(39)40/h14-15,33H,3-13,16-32H2,1-2H3,(H,37,38)(H,39,40)/b15-14-. The van der Waals surface area contributed by atoms with Gasteiger partial charge in [-0.1, -0.05) is 122 Å². The Morgan fingerprint density at radius 1 is 0.595 bits per heavy atom. The van der Waals surface area contributed by atoms with Gasteiger partial charge in [0.05, 0.1) is 0 Å². The molecule has 0 fully saturated rings. The van der Waals surface area contributed by atoms with Gasteiger partial charge in [0.1, 0.15) is 12.6 Å². The molecule has 42 heavy (non-hydrogen) atoms. The third kappa shape index (κ3) is 31.1. The molecule has 0 saturated carbocycles. The van der Waals surface area contributed by atoms with Crippen molar-refractivity contribution in [2.75, 3.05) is 6.54 Å². The van der Waals surface area contributed by atoms with E-state index >= 15 is 0 Å². The molecule has 0 aromatic heterocycles. The molecule has 2 N–H and O–H groups in total. The second-order valence-electron chi connectivity index (χ2n) is 12.1. The van der Waals surface area contributed by atoms with Gasteiger partial charge in [0, 0.05) is 12.8 Å². The van der Waals surface area contributed by atoms with E-state index in [4.69, 9.17) is 9.84 Å². The van der Waals surface area contributed by atoms with Gasteiger partial charge >= 0.3 is 11.9 Å². The summed E-state index contributed by atoms with van der Waals surface area (Å²) in [5.74, 6) is -1.27. The Morgan fingerprint density at radius 2 is 1.02 bits per heavy atom. The molecule has 246 valence electrons. The van der Waals surface area contributed by atoms with E-state index in [0.29, 0.717) is 12.8 Å². The molecule has 0 heterocycles. The Bertz CT molecular complexity index is 663. The second-order valence-corrected chi connectivity index (χ2v) is 12.1. The number of carbonyl (C=O) groups excluding carboxylic acids is 2. The third-order valence-corrected chi connectivity index (χ3v) is 7.94. The minimum absolute atomic E-state index is 0.00525. The van der Waals surface area contributed by atoms with Crippen LogP contribution in [0.3, 0.4) is 0 Å². The van der Waals surface area contributed by atoms with Crippen molar-refractivity contribution >= 4 is 17.8 Å². The average Bonchev–Trinajstić information content (AvgIpc) is 2.97. The number of hydrogen-bond acceptors (Lipinski definition) is 4. The molecule has 0 rings (SSSR count). The Morgan fingerprint density at radius 3 is 1.52 bits per heavy atom. The number of nitrogens with one attached hydrogen (secondary N) is 1.